The highest BCUT2D eigenvalue weighted by Crippen LogP contribution is 2.37. The molecule has 21 nitrogen and oxygen atoms in total. The van der Waals surface area contributed by atoms with Crippen molar-refractivity contribution in [1.29, 1.82) is 10.5 Å². The van der Waals surface area contributed by atoms with Gasteiger partial charge in [-0.1, -0.05) is 109 Å². The highest BCUT2D eigenvalue weighted by molar-refractivity contribution is 6.08. The minimum absolute atomic E-state index is 0.0130. The standard InChI is InChI=1S/C25H22N2O2.C24H17N3O.2C23H21N3O.C22H24N4O/c1-16-10-20(13-23(11-16)29-3)25(28)27-22-7-4-17(2)24(14-22)19-6-5-18-8-9-26-15-21(18)12-19;1-16-2-9-22(27-24(28)19-5-3-17(14-25)4-6-19)13-23(16)20-8-7-18-10-11-26-15-21(18)12-20;1-16-11-12-20(15-22(16)17-7-5-9-19(13-17)24-2)25-23(27)18-8-6-10-21(14-18)26(3)4;1-16-7-12-20(14-22(16)18-10-8-17(15-24)9-11-18)25-23(27)19-5-4-6-21(13-19)26(2)3;1-15-3-6-19(25-22(27)21-14-26(2)10-9-24-21)12-20(15)17-5-4-16-7-8-23-13-18(16)11-17/h4-15H,1-3H3,(H,27,28);2-13,15H,1H3,(H,27,28);5-15H,1,3-4H3,(H,25,27);4-14H,1-3H3,(H,25,27);3-8,11-13,21,24H,9-10,14H2,1-2H3,(H,25,27). The number of nitrogens with zero attached hydrogens (tertiary/aromatic N) is 9. The first kappa shape index (κ1) is 96.5. The maximum absolute atomic E-state index is 12.8. The van der Waals surface area contributed by atoms with Gasteiger partial charge in [-0.15, -0.1) is 0 Å². The summed E-state index contributed by atoms with van der Waals surface area (Å²) in [4.78, 5) is 85.4. The van der Waals surface area contributed by atoms with Gasteiger partial charge in [0, 0.05) is 163 Å². The van der Waals surface area contributed by atoms with Crippen molar-refractivity contribution in [3.8, 4) is 73.5 Å². The summed E-state index contributed by atoms with van der Waals surface area (Å²) in [5.74, 6) is 0.0202. The van der Waals surface area contributed by atoms with Gasteiger partial charge in [0.15, 0.2) is 5.69 Å². The lowest BCUT2D eigenvalue weighted by molar-refractivity contribution is -0.119. The third-order valence-corrected chi connectivity index (χ3v) is 23.7. The third-order valence-electron chi connectivity index (χ3n) is 23.7. The normalized spacial score (nSPS) is 11.8. The maximum atomic E-state index is 12.8. The molecule has 0 bridgehead atoms. The number of hydrogen-bond donors (Lipinski definition) is 6. The van der Waals surface area contributed by atoms with E-state index in [1.54, 1.807) is 86.4 Å². The molecule has 3 aromatic heterocycles. The van der Waals surface area contributed by atoms with E-state index in [1.165, 1.54) is 10.9 Å². The summed E-state index contributed by atoms with van der Waals surface area (Å²) in [6.45, 7) is 21.9. The number of benzene rings is 14. The Labute approximate surface area is 805 Å². The van der Waals surface area contributed by atoms with Crippen LogP contribution in [0.1, 0.15) is 85.9 Å². The second kappa shape index (κ2) is 45.3. The molecule has 0 radical (unpaired) electrons. The van der Waals surface area contributed by atoms with Gasteiger partial charge >= 0.3 is 0 Å². The number of hydrogen-bond acceptors (Lipinski definition) is 15. The number of anilines is 7. The van der Waals surface area contributed by atoms with Gasteiger partial charge in [0.2, 0.25) is 5.91 Å². The molecule has 21 heteroatoms. The number of methoxy groups -OCH3 is 1. The van der Waals surface area contributed by atoms with Crippen molar-refractivity contribution in [2.45, 2.75) is 47.6 Å². The molecule has 5 amide bonds. The number of carbonyl (C=O) groups is 5. The summed E-state index contributed by atoms with van der Waals surface area (Å²) >= 11 is 0. The topological polar surface area (TPSA) is 267 Å². The summed E-state index contributed by atoms with van der Waals surface area (Å²) in [5.41, 5.74) is 26.9. The van der Waals surface area contributed by atoms with Gasteiger partial charge in [-0.05, 0) is 348 Å². The fourth-order valence-electron chi connectivity index (χ4n) is 15.9. The molecule has 0 aliphatic carbocycles. The monoisotopic (exact) mass is 1820 g/mol. The highest BCUT2D eigenvalue weighted by atomic mass is 16.5. The van der Waals surface area contributed by atoms with Crippen LogP contribution in [0.4, 0.5) is 45.5 Å². The zero-order chi connectivity index (χ0) is 97.5. The van der Waals surface area contributed by atoms with Crippen LogP contribution in [0.5, 0.6) is 5.75 Å². The van der Waals surface area contributed by atoms with Gasteiger partial charge < -0.3 is 51.3 Å². The molecule has 4 heterocycles. The van der Waals surface area contributed by atoms with Crippen molar-refractivity contribution < 1.29 is 28.7 Å². The molecule has 1 aliphatic rings. The van der Waals surface area contributed by atoms with Crippen LogP contribution >= 0.6 is 0 Å². The van der Waals surface area contributed by atoms with Gasteiger partial charge in [0.1, 0.15) is 5.75 Å². The summed E-state index contributed by atoms with van der Waals surface area (Å²) in [6.07, 6.45) is 11.0. The largest absolute Gasteiger partial charge is 0.497 e. The number of aryl methyl sites for hydroxylation is 6. The Bertz CT molecular complexity index is 7520. The Morgan fingerprint density at radius 3 is 1.15 bits per heavy atom. The third kappa shape index (κ3) is 25.0. The summed E-state index contributed by atoms with van der Waals surface area (Å²) in [5, 5.41) is 42.8. The van der Waals surface area contributed by atoms with Crippen LogP contribution in [0.25, 0.3) is 92.8 Å². The average Bonchev–Trinajstić information content (AvgIpc) is 0.802. The Balaban J connectivity index is 0.000000138. The van der Waals surface area contributed by atoms with Crippen LogP contribution < -0.4 is 46.4 Å². The number of likely N-dealkylation sites (N-methyl/N-ethyl adjacent to an activating group) is 1. The first-order chi connectivity index (χ1) is 66.7. The molecular formula is C117H105N15O6. The zero-order valence-corrected chi connectivity index (χ0v) is 79.0. The lowest BCUT2D eigenvalue weighted by atomic mass is 9.98. The van der Waals surface area contributed by atoms with Gasteiger partial charge in [0.05, 0.1) is 43.0 Å². The zero-order valence-electron chi connectivity index (χ0n) is 79.0. The number of nitrogens with one attached hydrogen (secondary N) is 6. The van der Waals surface area contributed by atoms with Gasteiger partial charge in [0.25, 0.3) is 23.6 Å². The van der Waals surface area contributed by atoms with E-state index in [9.17, 15) is 24.0 Å². The molecular weight excluding hydrogens is 1710 g/mol. The molecule has 1 aliphatic heterocycles. The second-order valence-electron chi connectivity index (χ2n) is 34.2. The van der Waals surface area contributed by atoms with E-state index < -0.39 is 0 Å². The lowest BCUT2D eigenvalue weighted by Gasteiger charge is -2.30. The number of rotatable bonds is 18. The molecule has 1 atom stereocenters. The fraction of sp³-hybridized carbons (Fsp3) is 0.137. The van der Waals surface area contributed by atoms with Crippen molar-refractivity contribution in [3.05, 3.63) is 419 Å². The summed E-state index contributed by atoms with van der Waals surface area (Å²) < 4.78 is 5.28. The van der Waals surface area contributed by atoms with E-state index >= 15 is 0 Å². The molecule has 684 valence electrons. The number of ether oxygens (including phenoxy) is 1. The van der Waals surface area contributed by atoms with Crippen molar-refractivity contribution in [3.63, 3.8) is 0 Å². The van der Waals surface area contributed by atoms with E-state index in [0.717, 1.165) is 170 Å². The molecule has 17 aromatic rings. The Hall–Kier alpha value is -17.6. The van der Waals surface area contributed by atoms with Gasteiger partial charge in [-0.3, -0.25) is 38.9 Å². The van der Waals surface area contributed by atoms with E-state index in [-0.39, 0.29) is 35.6 Å². The maximum Gasteiger partial charge on any atom is 0.255 e. The Morgan fingerprint density at radius 2 is 0.761 bits per heavy atom. The predicted octanol–water partition coefficient (Wildman–Crippen LogP) is 24.5. The highest BCUT2D eigenvalue weighted by Gasteiger charge is 2.25. The number of aromatic nitrogens is 3. The number of pyridine rings is 3. The van der Waals surface area contributed by atoms with Crippen LogP contribution in [0.3, 0.4) is 0 Å². The van der Waals surface area contributed by atoms with Crippen molar-refractivity contribution >= 4 is 107 Å². The van der Waals surface area contributed by atoms with E-state index in [4.69, 9.17) is 21.8 Å². The minimum atomic E-state index is -0.206. The molecule has 0 spiro atoms. The van der Waals surface area contributed by atoms with Crippen molar-refractivity contribution in [2.24, 2.45) is 0 Å². The second-order valence-corrected chi connectivity index (χ2v) is 34.2. The molecule has 6 N–H and O–H groups in total. The molecule has 1 unspecified atom stereocenters. The SMILES string of the molecule is COc1cc(C)cc(C(=O)Nc2ccc(C)c(-c3ccc4ccncc4c3)c2)c1.Cc1ccc(NC(=O)C2CN(C)CCN2)cc1-c1ccc2ccncc2c1.Cc1ccc(NC(=O)c2ccc(C#N)cc2)cc1-c1ccc2ccncc2c1.Cc1ccc(NC(=O)c2cccc(N(C)C)c2)cc1-c1ccc(C#N)cc1.[C-]#[N+]c1cccc(-c2cc(NC(=O)c3cccc(N(C)C)c3)ccc2C)c1. The molecule has 1 fully saturated rings. The molecule has 1 saturated heterocycles. The first-order valence-corrected chi connectivity index (χ1v) is 45.0. The van der Waals surface area contributed by atoms with Crippen LogP contribution in [0.2, 0.25) is 0 Å². The lowest BCUT2D eigenvalue weighted by Crippen LogP contribution is -2.54. The first-order valence-electron chi connectivity index (χ1n) is 45.0. The Kier molecular flexibility index (Phi) is 31.6. The number of nitriles is 2. The van der Waals surface area contributed by atoms with Gasteiger partial charge in [-0.25, -0.2) is 4.85 Å². The van der Waals surface area contributed by atoms with E-state index in [1.807, 2.05) is 260 Å². The molecule has 14 aromatic carbocycles. The Morgan fingerprint density at radius 1 is 0.391 bits per heavy atom. The predicted molar refractivity (Wildman–Crippen MR) is 560 cm³/mol. The van der Waals surface area contributed by atoms with Crippen LogP contribution in [0.15, 0.2) is 340 Å². The fourth-order valence-corrected chi connectivity index (χ4v) is 15.9. The number of fused-ring (bicyclic) bond motifs is 3. The van der Waals surface area contributed by atoms with E-state index in [2.05, 4.69) is 156 Å². The van der Waals surface area contributed by atoms with Crippen molar-refractivity contribution in [2.75, 3.05) is 98.4 Å². The quantitative estimate of drug-likeness (QED) is 0.0436. The van der Waals surface area contributed by atoms with Crippen LogP contribution in [0, 0.1) is 70.8 Å². The number of carbonyl (C=O) groups excluding carboxylic acids is 5. The van der Waals surface area contributed by atoms with Crippen molar-refractivity contribution in [1.82, 2.24) is 25.2 Å². The minimum Gasteiger partial charge on any atom is -0.497 e. The van der Waals surface area contributed by atoms with Gasteiger partial charge in [-0.2, -0.15) is 10.5 Å². The summed E-state index contributed by atoms with van der Waals surface area (Å²) in [7, 11) is 11.4. The molecule has 138 heavy (non-hydrogen) atoms. The molecule has 18 rings (SSSR count). The molecule has 0 saturated carbocycles. The van der Waals surface area contributed by atoms with Crippen LogP contribution in [-0.2, 0) is 4.79 Å². The van der Waals surface area contributed by atoms with Crippen LogP contribution in [-0.4, -0.2) is 117 Å². The number of piperazine rings is 1. The smallest absolute Gasteiger partial charge is 0.255 e. The summed E-state index contributed by atoms with van der Waals surface area (Å²) in [6, 6.07) is 101. The number of amides is 5. The average molecular weight is 1820 g/mol. The van der Waals surface area contributed by atoms with E-state index in [0.29, 0.717) is 44.8 Å².